The summed E-state index contributed by atoms with van der Waals surface area (Å²) >= 11 is 1.56. The largest absolute Gasteiger partial charge is 0.399 e. The number of carbonyl (C=O) groups is 1. The van der Waals surface area contributed by atoms with Crippen LogP contribution in [0.1, 0.15) is 20.2 Å². The minimum Gasteiger partial charge on any atom is -0.399 e. The standard InChI is InChI=1S/C12H14N4OS/c1-7-15-5-11(18-7)6-16-12(17)8-2-9(13)4-10(14)3-8/h2-5H,6,13-14H2,1H3,(H,16,17). The van der Waals surface area contributed by atoms with E-state index in [0.29, 0.717) is 23.5 Å². The van der Waals surface area contributed by atoms with Crippen molar-refractivity contribution in [2.75, 3.05) is 11.5 Å². The molecule has 0 unspecified atom stereocenters. The highest BCUT2D eigenvalue weighted by Gasteiger charge is 2.07. The number of nitrogens with one attached hydrogen (secondary N) is 1. The zero-order valence-corrected chi connectivity index (χ0v) is 10.8. The van der Waals surface area contributed by atoms with Gasteiger partial charge in [0, 0.05) is 28.0 Å². The fraction of sp³-hybridized carbons (Fsp3) is 0.167. The molecule has 1 amide bonds. The highest BCUT2D eigenvalue weighted by atomic mass is 32.1. The Kier molecular flexibility index (Phi) is 3.47. The van der Waals surface area contributed by atoms with Crippen LogP contribution < -0.4 is 16.8 Å². The van der Waals surface area contributed by atoms with Gasteiger partial charge in [0.15, 0.2) is 0 Å². The average molecular weight is 262 g/mol. The number of aromatic nitrogens is 1. The molecule has 0 fully saturated rings. The Morgan fingerprint density at radius 1 is 1.33 bits per heavy atom. The summed E-state index contributed by atoms with van der Waals surface area (Å²) in [7, 11) is 0. The molecule has 0 bridgehead atoms. The lowest BCUT2D eigenvalue weighted by Gasteiger charge is -2.05. The third kappa shape index (κ3) is 2.98. The van der Waals surface area contributed by atoms with Crippen LogP contribution in [-0.2, 0) is 6.54 Å². The Morgan fingerprint density at radius 3 is 2.56 bits per heavy atom. The van der Waals surface area contributed by atoms with Crippen LogP contribution in [0.25, 0.3) is 0 Å². The van der Waals surface area contributed by atoms with E-state index < -0.39 is 0 Å². The number of hydrogen-bond acceptors (Lipinski definition) is 5. The fourth-order valence-corrected chi connectivity index (χ4v) is 2.30. The van der Waals surface area contributed by atoms with Crippen LogP contribution in [0.5, 0.6) is 0 Å². The number of nitrogens with zero attached hydrogens (tertiary/aromatic N) is 1. The summed E-state index contributed by atoms with van der Waals surface area (Å²) in [5.41, 5.74) is 12.7. The lowest BCUT2D eigenvalue weighted by atomic mass is 10.1. The number of nitrogens with two attached hydrogens (primary N) is 2. The van der Waals surface area contributed by atoms with Gasteiger partial charge in [-0.2, -0.15) is 0 Å². The number of amides is 1. The first-order valence-corrected chi connectivity index (χ1v) is 6.22. The van der Waals surface area contributed by atoms with Crippen LogP contribution >= 0.6 is 11.3 Å². The third-order valence-corrected chi connectivity index (χ3v) is 3.24. The maximum atomic E-state index is 11.9. The normalized spacial score (nSPS) is 10.3. The van der Waals surface area contributed by atoms with E-state index in [2.05, 4.69) is 10.3 Å². The minimum absolute atomic E-state index is 0.194. The zero-order chi connectivity index (χ0) is 13.1. The maximum Gasteiger partial charge on any atom is 0.251 e. The second kappa shape index (κ2) is 5.05. The monoisotopic (exact) mass is 262 g/mol. The summed E-state index contributed by atoms with van der Waals surface area (Å²) in [5.74, 6) is -0.194. The first kappa shape index (κ1) is 12.4. The number of carbonyl (C=O) groups excluding carboxylic acids is 1. The first-order chi connectivity index (χ1) is 8.54. The van der Waals surface area contributed by atoms with Crippen molar-refractivity contribution in [2.24, 2.45) is 0 Å². The molecule has 1 heterocycles. The second-order valence-electron chi connectivity index (χ2n) is 3.92. The number of rotatable bonds is 3. The Morgan fingerprint density at radius 2 is 2.00 bits per heavy atom. The summed E-state index contributed by atoms with van der Waals surface area (Å²) in [6.45, 7) is 2.38. The summed E-state index contributed by atoms with van der Waals surface area (Å²) in [6.07, 6.45) is 1.76. The van der Waals surface area contributed by atoms with Gasteiger partial charge in [-0.15, -0.1) is 11.3 Å². The van der Waals surface area contributed by atoms with E-state index in [0.717, 1.165) is 9.88 Å². The van der Waals surface area contributed by atoms with Gasteiger partial charge in [0.2, 0.25) is 0 Å². The van der Waals surface area contributed by atoms with E-state index >= 15 is 0 Å². The molecule has 1 aromatic carbocycles. The van der Waals surface area contributed by atoms with E-state index in [1.54, 1.807) is 35.7 Å². The van der Waals surface area contributed by atoms with Crippen molar-refractivity contribution < 1.29 is 4.79 Å². The lowest BCUT2D eigenvalue weighted by molar-refractivity contribution is 0.0951. The zero-order valence-electron chi connectivity index (χ0n) is 9.93. The van der Waals surface area contributed by atoms with Crippen molar-refractivity contribution in [3.8, 4) is 0 Å². The summed E-state index contributed by atoms with van der Waals surface area (Å²) in [4.78, 5) is 17.0. The number of hydrogen-bond donors (Lipinski definition) is 3. The quantitative estimate of drug-likeness (QED) is 0.731. The molecule has 0 aliphatic rings. The molecule has 5 N–H and O–H groups in total. The van der Waals surface area contributed by atoms with Gasteiger partial charge in [0.25, 0.3) is 5.91 Å². The molecule has 5 nitrogen and oxygen atoms in total. The van der Waals surface area contributed by atoms with E-state index in [4.69, 9.17) is 11.5 Å². The SMILES string of the molecule is Cc1ncc(CNC(=O)c2cc(N)cc(N)c2)s1. The molecule has 0 saturated heterocycles. The van der Waals surface area contributed by atoms with Crippen LogP contribution in [0.2, 0.25) is 0 Å². The molecule has 0 aliphatic carbocycles. The van der Waals surface area contributed by atoms with Crippen LogP contribution in [0.3, 0.4) is 0 Å². The van der Waals surface area contributed by atoms with Crippen molar-refractivity contribution in [3.05, 3.63) is 39.8 Å². The molecule has 0 aliphatic heterocycles. The molecule has 0 spiro atoms. The molecule has 0 saturated carbocycles. The summed E-state index contributed by atoms with van der Waals surface area (Å²) in [6, 6.07) is 4.82. The van der Waals surface area contributed by atoms with Crippen LogP contribution in [0.15, 0.2) is 24.4 Å². The van der Waals surface area contributed by atoms with Crippen LogP contribution in [0.4, 0.5) is 11.4 Å². The highest BCUT2D eigenvalue weighted by Crippen LogP contribution is 2.14. The molecule has 1 aromatic heterocycles. The molecule has 18 heavy (non-hydrogen) atoms. The van der Waals surface area contributed by atoms with E-state index in [1.807, 2.05) is 6.92 Å². The lowest BCUT2D eigenvalue weighted by Crippen LogP contribution is -2.22. The van der Waals surface area contributed by atoms with E-state index in [-0.39, 0.29) is 5.91 Å². The molecule has 94 valence electrons. The molecule has 6 heteroatoms. The number of aryl methyl sites for hydroxylation is 1. The summed E-state index contributed by atoms with van der Waals surface area (Å²) in [5, 5.41) is 3.78. The van der Waals surface area contributed by atoms with Crippen molar-refractivity contribution >= 4 is 28.6 Å². The van der Waals surface area contributed by atoms with Crippen LogP contribution in [-0.4, -0.2) is 10.9 Å². The van der Waals surface area contributed by atoms with Gasteiger partial charge in [0.1, 0.15) is 0 Å². The Balaban J connectivity index is 2.03. The molecular weight excluding hydrogens is 248 g/mol. The average Bonchev–Trinajstić information content (AvgIpc) is 2.70. The second-order valence-corrected chi connectivity index (χ2v) is 5.24. The third-order valence-electron chi connectivity index (χ3n) is 2.33. The number of benzene rings is 1. The van der Waals surface area contributed by atoms with Crippen molar-refractivity contribution in [2.45, 2.75) is 13.5 Å². The van der Waals surface area contributed by atoms with Crippen molar-refractivity contribution in [1.82, 2.24) is 10.3 Å². The van der Waals surface area contributed by atoms with Gasteiger partial charge in [-0.05, 0) is 25.1 Å². The molecule has 2 rings (SSSR count). The Hall–Kier alpha value is -2.08. The van der Waals surface area contributed by atoms with Gasteiger partial charge in [-0.25, -0.2) is 4.98 Å². The summed E-state index contributed by atoms with van der Waals surface area (Å²) < 4.78 is 0. The van der Waals surface area contributed by atoms with Gasteiger partial charge < -0.3 is 16.8 Å². The van der Waals surface area contributed by atoms with E-state index in [1.165, 1.54) is 0 Å². The maximum absolute atomic E-state index is 11.9. The van der Waals surface area contributed by atoms with Gasteiger partial charge in [-0.3, -0.25) is 4.79 Å². The molecule has 0 atom stereocenters. The van der Waals surface area contributed by atoms with Gasteiger partial charge in [0.05, 0.1) is 11.6 Å². The highest BCUT2D eigenvalue weighted by molar-refractivity contribution is 7.11. The Labute approximate surface area is 109 Å². The number of anilines is 2. The molecular formula is C12H14N4OS. The van der Waals surface area contributed by atoms with Gasteiger partial charge >= 0.3 is 0 Å². The van der Waals surface area contributed by atoms with Crippen molar-refractivity contribution in [1.29, 1.82) is 0 Å². The predicted octanol–water partition coefficient (Wildman–Crippen LogP) is 1.55. The Bertz CT molecular complexity index is 559. The van der Waals surface area contributed by atoms with Crippen molar-refractivity contribution in [3.63, 3.8) is 0 Å². The fourth-order valence-electron chi connectivity index (χ4n) is 1.56. The van der Waals surface area contributed by atoms with Gasteiger partial charge in [-0.1, -0.05) is 0 Å². The number of nitrogen functional groups attached to an aromatic ring is 2. The minimum atomic E-state index is -0.194. The predicted molar refractivity (Wildman–Crippen MR) is 73.3 cm³/mol. The molecule has 2 aromatic rings. The van der Waals surface area contributed by atoms with E-state index in [9.17, 15) is 4.79 Å². The number of thiazole rings is 1. The smallest absolute Gasteiger partial charge is 0.251 e. The molecule has 0 radical (unpaired) electrons. The topological polar surface area (TPSA) is 94.0 Å². The first-order valence-electron chi connectivity index (χ1n) is 5.40. The van der Waals surface area contributed by atoms with Crippen LogP contribution in [0, 0.1) is 6.92 Å².